The molecule has 0 aromatic heterocycles. The van der Waals surface area contributed by atoms with Gasteiger partial charge in [0.05, 0.1) is 0 Å². The molecule has 0 saturated heterocycles. The van der Waals surface area contributed by atoms with Crippen LogP contribution < -0.4 is 0 Å². The molecule has 0 unspecified atom stereocenters. The van der Waals surface area contributed by atoms with Gasteiger partial charge in [-0.15, -0.1) is 0 Å². The summed E-state index contributed by atoms with van der Waals surface area (Å²) in [4.78, 5) is 0. The summed E-state index contributed by atoms with van der Waals surface area (Å²) in [5.74, 6) is 0. The standard InChI is InChI=1S/C15H36O3P2/c1-7-10-13-20(6,14-11-8-2,15-12-9-3)18-19(16-4)17-5/h7-15H2,1-6H3. The van der Waals surface area contributed by atoms with Crippen LogP contribution >= 0.6 is 15.4 Å². The first-order chi connectivity index (χ1) is 9.47. The predicted molar refractivity (Wildman–Crippen MR) is 94.2 cm³/mol. The van der Waals surface area contributed by atoms with Crippen molar-refractivity contribution >= 4 is 15.4 Å². The second-order valence-electron chi connectivity index (χ2n) is 6.09. The summed E-state index contributed by atoms with van der Waals surface area (Å²) >= 11 is 0. The zero-order valence-electron chi connectivity index (χ0n) is 14.5. The summed E-state index contributed by atoms with van der Waals surface area (Å²) in [7, 11) is 2.20. The molecule has 0 aromatic carbocycles. The molecule has 0 N–H and O–H groups in total. The van der Waals surface area contributed by atoms with Gasteiger partial charge in [-0.1, -0.05) is 0 Å². The van der Waals surface area contributed by atoms with Crippen molar-refractivity contribution in [3.63, 3.8) is 0 Å². The van der Waals surface area contributed by atoms with Crippen molar-refractivity contribution in [3.8, 4) is 0 Å². The van der Waals surface area contributed by atoms with Gasteiger partial charge >= 0.3 is 127 Å². The second kappa shape index (κ2) is 10.5. The molecule has 0 amide bonds. The molecule has 0 aliphatic carbocycles. The van der Waals surface area contributed by atoms with Crippen LogP contribution in [0.1, 0.15) is 59.3 Å². The van der Waals surface area contributed by atoms with Gasteiger partial charge in [0.2, 0.25) is 0 Å². The summed E-state index contributed by atoms with van der Waals surface area (Å²) in [6.45, 7) is 7.04. The molecule has 0 aliphatic heterocycles. The molecular formula is C15H36O3P2. The third-order valence-electron chi connectivity index (χ3n) is 4.05. The van der Waals surface area contributed by atoms with Crippen LogP contribution in [0.5, 0.6) is 0 Å². The first-order valence-corrected chi connectivity index (χ1v) is 12.3. The van der Waals surface area contributed by atoms with Crippen molar-refractivity contribution in [2.75, 3.05) is 39.4 Å². The average molecular weight is 326 g/mol. The summed E-state index contributed by atoms with van der Waals surface area (Å²) in [5.41, 5.74) is 0. The van der Waals surface area contributed by atoms with Crippen LogP contribution in [-0.2, 0) is 13.4 Å². The van der Waals surface area contributed by atoms with Crippen LogP contribution in [0.2, 0.25) is 0 Å². The fourth-order valence-corrected chi connectivity index (χ4v) is 10.2. The van der Waals surface area contributed by atoms with E-state index in [-0.39, 0.29) is 0 Å². The van der Waals surface area contributed by atoms with E-state index < -0.39 is 15.4 Å². The first kappa shape index (κ1) is 20.7. The number of hydrogen-bond donors (Lipinski definition) is 0. The maximum absolute atomic E-state index is 6.58. The Morgan fingerprint density at radius 1 is 0.750 bits per heavy atom. The molecule has 0 fully saturated rings. The van der Waals surface area contributed by atoms with E-state index in [4.69, 9.17) is 13.4 Å². The third kappa shape index (κ3) is 7.14. The van der Waals surface area contributed by atoms with Crippen molar-refractivity contribution < 1.29 is 13.4 Å². The topological polar surface area (TPSA) is 27.7 Å². The summed E-state index contributed by atoms with van der Waals surface area (Å²) in [6, 6.07) is 0. The molecule has 0 spiro atoms. The summed E-state index contributed by atoms with van der Waals surface area (Å²) in [6.07, 6.45) is 11.1. The number of unbranched alkanes of at least 4 members (excludes halogenated alkanes) is 3. The fraction of sp³-hybridized carbons (Fsp3) is 1.00. The van der Waals surface area contributed by atoms with Crippen molar-refractivity contribution in [1.82, 2.24) is 0 Å². The fourth-order valence-electron chi connectivity index (χ4n) is 2.62. The zero-order chi connectivity index (χ0) is 15.5. The van der Waals surface area contributed by atoms with Crippen LogP contribution in [-0.4, -0.2) is 39.4 Å². The second-order valence-corrected chi connectivity index (χ2v) is 13.6. The Hall–Kier alpha value is 0.740. The van der Waals surface area contributed by atoms with Gasteiger partial charge in [0.1, 0.15) is 0 Å². The van der Waals surface area contributed by atoms with Crippen molar-refractivity contribution in [1.29, 1.82) is 0 Å². The molecule has 0 bridgehead atoms. The van der Waals surface area contributed by atoms with E-state index in [1.54, 1.807) is 14.2 Å². The van der Waals surface area contributed by atoms with Gasteiger partial charge in [0.15, 0.2) is 0 Å². The van der Waals surface area contributed by atoms with Crippen LogP contribution in [0.4, 0.5) is 0 Å². The predicted octanol–water partition coefficient (Wildman–Crippen LogP) is 6.02. The minimum atomic E-state index is -2.17. The maximum atomic E-state index is 6.58. The van der Waals surface area contributed by atoms with E-state index in [0.29, 0.717) is 0 Å². The Kier molecular flexibility index (Phi) is 10.9. The van der Waals surface area contributed by atoms with E-state index in [1.165, 1.54) is 57.0 Å². The molecule has 124 valence electrons. The Morgan fingerprint density at radius 3 is 1.35 bits per heavy atom. The molecular weight excluding hydrogens is 290 g/mol. The van der Waals surface area contributed by atoms with Gasteiger partial charge in [-0.25, -0.2) is 0 Å². The molecule has 0 saturated carbocycles. The normalized spacial score (nSPS) is 14.4. The quantitative estimate of drug-likeness (QED) is 0.387. The summed E-state index contributed by atoms with van der Waals surface area (Å²) < 4.78 is 17.4. The van der Waals surface area contributed by atoms with E-state index in [0.717, 1.165) is 0 Å². The molecule has 20 heavy (non-hydrogen) atoms. The van der Waals surface area contributed by atoms with E-state index in [9.17, 15) is 0 Å². The van der Waals surface area contributed by atoms with Crippen molar-refractivity contribution in [3.05, 3.63) is 0 Å². The van der Waals surface area contributed by atoms with Crippen molar-refractivity contribution in [2.45, 2.75) is 59.3 Å². The molecule has 0 atom stereocenters. The Labute approximate surface area is 128 Å². The van der Waals surface area contributed by atoms with Gasteiger partial charge in [-0.2, -0.15) is 0 Å². The Bertz CT molecular complexity index is 221. The van der Waals surface area contributed by atoms with Crippen molar-refractivity contribution in [2.24, 2.45) is 0 Å². The van der Waals surface area contributed by atoms with Gasteiger partial charge < -0.3 is 0 Å². The first-order valence-electron chi connectivity index (χ1n) is 8.06. The molecule has 0 aromatic rings. The van der Waals surface area contributed by atoms with Gasteiger partial charge in [-0.3, -0.25) is 0 Å². The molecule has 0 heterocycles. The van der Waals surface area contributed by atoms with Gasteiger partial charge in [0, 0.05) is 0 Å². The molecule has 0 rings (SSSR count). The van der Waals surface area contributed by atoms with E-state index >= 15 is 0 Å². The molecule has 3 nitrogen and oxygen atoms in total. The van der Waals surface area contributed by atoms with Gasteiger partial charge in [0.25, 0.3) is 0 Å². The van der Waals surface area contributed by atoms with Crippen LogP contribution in [0.3, 0.4) is 0 Å². The molecule has 0 aliphatic rings. The van der Waals surface area contributed by atoms with Gasteiger partial charge in [-0.05, 0) is 0 Å². The molecule has 5 heteroatoms. The van der Waals surface area contributed by atoms with Crippen LogP contribution in [0.25, 0.3) is 0 Å². The van der Waals surface area contributed by atoms with E-state index in [2.05, 4.69) is 27.4 Å². The van der Waals surface area contributed by atoms with E-state index in [1.807, 2.05) is 0 Å². The number of hydrogen-bond acceptors (Lipinski definition) is 3. The zero-order valence-corrected chi connectivity index (χ0v) is 16.3. The molecule has 0 radical (unpaired) electrons. The minimum absolute atomic E-state index is 1.18. The third-order valence-corrected chi connectivity index (χ3v) is 12.0. The summed E-state index contributed by atoms with van der Waals surface area (Å²) in [5, 5.41) is 0. The number of rotatable bonds is 13. The SMILES string of the molecule is CCCCP(C)(CCCC)(CCCC)OP(OC)OC. The van der Waals surface area contributed by atoms with Crippen LogP contribution in [0.15, 0.2) is 0 Å². The monoisotopic (exact) mass is 326 g/mol. The Morgan fingerprint density at radius 2 is 1.10 bits per heavy atom. The van der Waals surface area contributed by atoms with Crippen LogP contribution in [0, 0.1) is 0 Å². The average Bonchev–Trinajstić information content (AvgIpc) is 2.48. The Balaban J connectivity index is 5.15.